The van der Waals surface area contributed by atoms with Crippen molar-refractivity contribution in [2.45, 2.75) is 36.6 Å². The van der Waals surface area contributed by atoms with E-state index in [0.29, 0.717) is 18.0 Å². The molecule has 0 bridgehead atoms. The largest absolute Gasteiger partial charge is 0.396 e. The molecule has 1 atom stereocenters. The van der Waals surface area contributed by atoms with Gasteiger partial charge in [-0.15, -0.1) is 0 Å². The number of benzene rings is 1. The zero-order chi connectivity index (χ0) is 14.8. The Kier molecular flexibility index (Phi) is 5.31. The molecule has 1 aromatic carbocycles. The van der Waals surface area contributed by atoms with E-state index in [1.807, 2.05) is 0 Å². The van der Waals surface area contributed by atoms with Gasteiger partial charge in [0.25, 0.3) is 0 Å². The second-order valence-corrected chi connectivity index (χ2v) is 7.55. The summed E-state index contributed by atoms with van der Waals surface area (Å²) in [7, 11) is -3.68. The molecule has 20 heavy (non-hydrogen) atoms. The van der Waals surface area contributed by atoms with Crippen molar-refractivity contribution in [3.63, 3.8) is 0 Å². The van der Waals surface area contributed by atoms with Crippen molar-refractivity contribution in [2.24, 2.45) is 0 Å². The van der Waals surface area contributed by atoms with Crippen LogP contribution in [-0.4, -0.2) is 37.0 Å². The molecular formula is C13H17Cl2NO3S. The summed E-state index contributed by atoms with van der Waals surface area (Å²) in [5, 5.41) is 9.61. The van der Waals surface area contributed by atoms with Gasteiger partial charge in [-0.3, -0.25) is 0 Å². The summed E-state index contributed by atoms with van der Waals surface area (Å²) >= 11 is 11.9. The van der Waals surface area contributed by atoms with Crippen molar-refractivity contribution in [2.75, 3.05) is 13.2 Å². The molecule has 1 aliphatic rings. The lowest BCUT2D eigenvalue weighted by atomic mass is 10.0. The van der Waals surface area contributed by atoms with Crippen LogP contribution in [0.3, 0.4) is 0 Å². The highest BCUT2D eigenvalue weighted by Crippen LogP contribution is 2.32. The second kappa shape index (κ2) is 6.62. The van der Waals surface area contributed by atoms with Crippen LogP contribution in [-0.2, 0) is 10.0 Å². The van der Waals surface area contributed by atoms with E-state index >= 15 is 0 Å². The Bertz CT molecular complexity index is 575. The normalized spacial score (nSPS) is 21.1. The average Bonchev–Trinajstić information content (AvgIpc) is 2.42. The Morgan fingerprint density at radius 2 is 2.05 bits per heavy atom. The van der Waals surface area contributed by atoms with Crippen LogP contribution in [0.1, 0.15) is 25.7 Å². The minimum Gasteiger partial charge on any atom is -0.396 e. The smallest absolute Gasteiger partial charge is 0.244 e. The van der Waals surface area contributed by atoms with Crippen molar-refractivity contribution in [1.82, 2.24) is 4.31 Å². The van der Waals surface area contributed by atoms with Crippen LogP contribution < -0.4 is 0 Å². The lowest BCUT2D eigenvalue weighted by Crippen LogP contribution is -2.44. The molecule has 7 heteroatoms. The number of rotatable bonds is 4. The Morgan fingerprint density at radius 3 is 2.75 bits per heavy atom. The van der Waals surface area contributed by atoms with Crippen LogP contribution in [0.2, 0.25) is 10.0 Å². The molecule has 1 heterocycles. The number of aliphatic hydroxyl groups excluding tert-OH is 1. The van der Waals surface area contributed by atoms with Crippen LogP contribution in [0.4, 0.5) is 0 Å². The molecule has 1 aromatic rings. The van der Waals surface area contributed by atoms with Crippen LogP contribution >= 0.6 is 23.2 Å². The fraction of sp³-hybridized carbons (Fsp3) is 0.538. The topological polar surface area (TPSA) is 57.6 Å². The number of hydrogen-bond donors (Lipinski definition) is 1. The standard InChI is InChI=1S/C13H17Cl2NO3S/c14-10-4-5-12(15)13(9-10)20(18,19)16-7-2-1-3-11(16)6-8-17/h4-5,9,11,17H,1-3,6-8H2. The number of piperidine rings is 1. The summed E-state index contributed by atoms with van der Waals surface area (Å²) in [4.78, 5) is 0.0384. The fourth-order valence-electron chi connectivity index (χ4n) is 2.53. The maximum absolute atomic E-state index is 12.7. The van der Waals surface area contributed by atoms with E-state index in [1.165, 1.54) is 16.4 Å². The molecule has 1 saturated heterocycles. The quantitative estimate of drug-likeness (QED) is 0.918. The SMILES string of the molecule is O=S(=O)(c1cc(Cl)ccc1Cl)N1CCCCC1CCO. The van der Waals surface area contributed by atoms with Gasteiger partial charge in [-0.1, -0.05) is 29.6 Å². The highest BCUT2D eigenvalue weighted by atomic mass is 35.5. The van der Waals surface area contributed by atoms with Gasteiger partial charge in [0.2, 0.25) is 10.0 Å². The molecule has 0 radical (unpaired) electrons. The average molecular weight is 338 g/mol. The molecule has 1 aliphatic heterocycles. The van der Waals surface area contributed by atoms with Gasteiger partial charge in [0.15, 0.2) is 0 Å². The van der Waals surface area contributed by atoms with Gasteiger partial charge in [0.05, 0.1) is 5.02 Å². The third-order valence-corrected chi connectivity index (χ3v) is 6.18. The molecule has 2 rings (SSSR count). The summed E-state index contributed by atoms with van der Waals surface area (Å²) < 4.78 is 26.9. The number of hydrogen-bond acceptors (Lipinski definition) is 3. The van der Waals surface area contributed by atoms with E-state index in [4.69, 9.17) is 28.3 Å². The van der Waals surface area contributed by atoms with E-state index in [1.54, 1.807) is 6.07 Å². The molecule has 1 unspecified atom stereocenters. The Hall–Kier alpha value is -0.330. The maximum atomic E-state index is 12.7. The third-order valence-electron chi connectivity index (χ3n) is 3.52. The molecule has 112 valence electrons. The summed E-state index contributed by atoms with van der Waals surface area (Å²) in [5.41, 5.74) is 0. The molecule has 0 saturated carbocycles. The van der Waals surface area contributed by atoms with Crippen LogP contribution in [0, 0.1) is 0 Å². The third kappa shape index (κ3) is 3.28. The zero-order valence-electron chi connectivity index (χ0n) is 10.9. The van der Waals surface area contributed by atoms with E-state index in [9.17, 15) is 8.42 Å². The highest BCUT2D eigenvalue weighted by molar-refractivity contribution is 7.89. The van der Waals surface area contributed by atoms with Crippen LogP contribution in [0.5, 0.6) is 0 Å². The van der Waals surface area contributed by atoms with Crippen LogP contribution in [0.15, 0.2) is 23.1 Å². The maximum Gasteiger partial charge on any atom is 0.244 e. The first-order valence-corrected chi connectivity index (χ1v) is 8.74. The van der Waals surface area contributed by atoms with E-state index in [-0.39, 0.29) is 22.6 Å². The molecular weight excluding hydrogens is 321 g/mol. The molecule has 0 aliphatic carbocycles. The summed E-state index contributed by atoms with van der Waals surface area (Å²) in [5.74, 6) is 0. The van der Waals surface area contributed by atoms with Crippen molar-refractivity contribution in [3.8, 4) is 0 Å². The number of aliphatic hydroxyl groups is 1. The Morgan fingerprint density at radius 1 is 1.30 bits per heavy atom. The molecule has 0 amide bonds. The van der Waals surface area contributed by atoms with Crippen molar-refractivity contribution >= 4 is 33.2 Å². The van der Waals surface area contributed by atoms with E-state index < -0.39 is 10.0 Å². The minimum absolute atomic E-state index is 0.0278. The predicted molar refractivity (Wildman–Crippen MR) is 79.7 cm³/mol. The van der Waals surface area contributed by atoms with Crippen molar-refractivity contribution < 1.29 is 13.5 Å². The first-order valence-electron chi connectivity index (χ1n) is 6.54. The number of halogens is 2. The molecule has 0 aromatic heterocycles. The zero-order valence-corrected chi connectivity index (χ0v) is 13.3. The number of sulfonamides is 1. The van der Waals surface area contributed by atoms with Crippen LogP contribution in [0.25, 0.3) is 0 Å². The summed E-state index contributed by atoms with van der Waals surface area (Å²) in [6.07, 6.45) is 2.99. The fourth-order valence-corrected chi connectivity index (χ4v) is 4.99. The second-order valence-electron chi connectivity index (χ2n) is 4.85. The lowest BCUT2D eigenvalue weighted by molar-refractivity contribution is 0.192. The monoisotopic (exact) mass is 337 g/mol. The Balaban J connectivity index is 2.39. The first kappa shape index (κ1) is 16.0. The van der Waals surface area contributed by atoms with Gasteiger partial charge < -0.3 is 5.11 Å². The minimum atomic E-state index is -3.68. The summed E-state index contributed by atoms with van der Waals surface area (Å²) in [6, 6.07) is 4.25. The van der Waals surface area contributed by atoms with Gasteiger partial charge in [-0.2, -0.15) is 4.31 Å². The van der Waals surface area contributed by atoms with E-state index in [0.717, 1.165) is 19.3 Å². The molecule has 0 spiro atoms. The van der Waals surface area contributed by atoms with E-state index in [2.05, 4.69) is 0 Å². The lowest BCUT2D eigenvalue weighted by Gasteiger charge is -2.34. The molecule has 4 nitrogen and oxygen atoms in total. The molecule has 1 N–H and O–H groups in total. The van der Waals surface area contributed by atoms with Gasteiger partial charge in [0, 0.05) is 24.2 Å². The predicted octanol–water partition coefficient (Wildman–Crippen LogP) is 2.92. The highest BCUT2D eigenvalue weighted by Gasteiger charge is 2.34. The van der Waals surface area contributed by atoms with Crippen molar-refractivity contribution in [3.05, 3.63) is 28.2 Å². The number of nitrogens with zero attached hydrogens (tertiary/aromatic N) is 1. The van der Waals surface area contributed by atoms with Crippen molar-refractivity contribution in [1.29, 1.82) is 0 Å². The van der Waals surface area contributed by atoms with Gasteiger partial charge in [-0.05, 0) is 37.5 Å². The van der Waals surface area contributed by atoms with Gasteiger partial charge >= 0.3 is 0 Å². The van der Waals surface area contributed by atoms with Gasteiger partial charge in [0.1, 0.15) is 4.90 Å². The molecule has 1 fully saturated rings. The Labute approximate surface area is 129 Å². The first-order chi connectivity index (χ1) is 9.46. The summed E-state index contributed by atoms with van der Waals surface area (Å²) in [6.45, 7) is 0.426. The van der Waals surface area contributed by atoms with Gasteiger partial charge in [-0.25, -0.2) is 8.42 Å².